The maximum absolute atomic E-state index is 5.81. The van der Waals surface area contributed by atoms with E-state index in [4.69, 9.17) is 10.5 Å². The van der Waals surface area contributed by atoms with Crippen LogP contribution in [0.1, 0.15) is 24.8 Å². The monoisotopic (exact) mass is 248 g/mol. The number of guanidine groups is 1. The first-order chi connectivity index (χ1) is 8.78. The quantitative estimate of drug-likeness (QED) is 0.608. The van der Waals surface area contributed by atoms with Crippen molar-refractivity contribution >= 4 is 5.96 Å². The van der Waals surface area contributed by atoms with Gasteiger partial charge in [-0.1, -0.05) is 6.42 Å². The molecule has 3 N–H and O–H groups in total. The first kappa shape index (κ1) is 12.7. The molecule has 1 fully saturated rings. The second-order valence-electron chi connectivity index (χ2n) is 4.59. The Balaban J connectivity index is 1.80. The Morgan fingerprint density at radius 2 is 2.44 bits per heavy atom. The van der Waals surface area contributed by atoms with Gasteiger partial charge in [0.1, 0.15) is 0 Å². The molecule has 1 aromatic heterocycles. The molecule has 0 bridgehead atoms. The highest BCUT2D eigenvalue weighted by Gasteiger charge is 2.16. The smallest absolute Gasteiger partial charge is 0.213 e. The van der Waals surface area contributed by atoms with Gasteiger partial charge in [-0.2, -0.15) is 0 Å². The maximum Gasteiger partial charge on any atom is 0.213 e. The van der Waals surface area contributed by atoms with Crippen molar-refractivity contribution in [2.24, 2.45) is 16.6 Å². The average molecular weight is 248 g/mol. The van der Waals surface area contributed by atoms with Crippen molar-refractivity contribution in [3.63, 3.8) is 0 Å². The van der Waals surface area contributed by atoms with E-state index < -0.39 is 0 Å². The predicted octanol–water partition coefficient (Wildman–Crippen LogP) is 1.29. The highest BCUT2D eigenvalue weighted by atomic mass is 16.5. The van der Waals surface area contributed by atoms with Gasteiger partial charge in [-0.15, -0.1) is 0 Å². The number of nitrogens with two attached hydrogens (primary N) is 1. The number of pyridine rings is 1. The number of methoxy groups -OCH3 is 1. The highest BCUT2D eigenvalue weighted by Crippen LogP contribution is 2.24. The van der Waals surface area contributed by atoms with E-state index in [0.29, 0.717) is 18.4 Å². The van der Waals surface area contributed by atoms with Gasteiger partial charge >= 0.3 is 0 Å². The summed E-state index contributed by atoms with van der Waals surface area (Å²) in [6, 6.07) is 3.77. The second-order valence-corrected chi connectivity index (χ2v) is 4.59. The van der Waals surface area contributed by atoms with Crippen molar-refractivity contribution < 1.29 is 4.74 Å². The van der Waals surface area contributed by atoms with Crippen LogP contribution in [0.5, 0.6) is 5.88 Å². The van der Waals surface area contributed by atoms with Crippen molar-refractivity contribution in [2.75, 3.05) is 13.7 Å². The molecular formula is C13H20N4O. The minimum absolute atomic E-state index is 0.512. The molecule has 0 atom stereocenters. The fourth-order valence-corrected chi connectivity index (χ4v) is 1.84. The lowest BCUT2D eigenvalue weighted by atomic mass is 9.85. The van der Waals surface area contributed by atoms with Crippen LogP contribution in [0, 0.1) is 5.92 Å². The van der Waals surface area contributed by atoms with E-state index >= 15 is 0 Å². The summed E-state index contributed by atoms with van der Waals surface area (Å²) >= 11 is 0. The first-order valence-corrected chi connectivity index (χ1v) is 6.30. The van der Waals surface area contributed by atoms with Gasteiger partial charge in [-0.25, -0.2) is 9.98 Å². The second kappa shape index (κ2) is 6.23. The Bertz CT molecular complexity index is 415. The Kier molecular flexibility index (Phi) is 4.39. The number of aliphatic imine (C=N–C) groups is 1. The Morgan fingerprint density at radius 3 is 3.11 bits per heavy atom. The molecule has 0 aliphatic heterocycles. The average Bonchev–Trinajstić information content (AvgIpc) is 2.35. The molecule has 0 spiro atoms. The molecule has 98 valence electrons. The molecule has 18 heavy (non-hydrogen) atoms. The van der Waals surface area contributed by atoms with Crippen LogP contribution >= 0.6 is 0 Å². The van der Waals surface area contributed by atoms with Crippen LogP contribution in [-0.4, -0.2) is 24.6 Å². The zero-order valence-corrected chi connectivity index (χ0v) is 10.7. The summed E-state index contributed by atoms with van der Waals surface area (Å²) in [5, 5.41) is 3.16. The van der Waals surface area contributed by atoms with Gasteiger partial charge in [0.05, 0.1) is 13.7 Å². The lowest BCUT2D eigenvalue weighted by Crippen LogP contribution is -2.37. The van der Waals surface area contributed by atoms with Crippen LogP contribution in [-0.2, 0) is 6.54 Å². The first-order valence-electron chi connectivity index (χ1n) is 6.30. The third-order valence-corrected chi connectivity index (χ3v) is 3.24. The van der Waals surface area contributed by atoms with Crippen LogP contribution in [0.4, 0.5) is 0 Å². The summed E-state index contributed by atoms with van der Waals surface area (Å²) in [7, 11) is 1.60. The molecule has 0 unspecified atom stereocenters. The van der Waals surface area contributed by atoms with Crippen LogP contribution < -0.4 is 15.8 Å². The summed E-state index contributed by atoms with van der Waals surface area (Å²) in [4.78, 5) is 8.35. The van der Waals surface area contributed by atoms with E-state index in [1.165, 1.54) is 19.3 Å². The topological polar surface area (TPSA) is 72.5 Å². The number of aromatic nitrogens is 1. The van der Waals surface area contributed by atoms with Gasteiger partial charge in [0.25, 0.3) is 0 Å². The minimum Gasteiger partial charge on any atom is -0.481 e. The summed E-state index contributed by atoms with van der Waals surface area (Å²) < 4.78 is 5.06. The van der Waals surface area contributed by atoms with E-state index in [0.717, 1.165) is 18.0 Å². The molecule has 2 rings (SSSR count). The molecule has 0 saturated heterocycles. The van der Waals surface area contributed by atoms with Gasteiger partial charge in [-0.05, 0) is 30.4 Å². The number of ether oxygens (including phenoxy) is 1. The standard InChI is InChI=1S/C13H20N4O/c1-18-12-7-11(5-6-15-12)9-17-13(14)16-8-10-3-2-4-10/h5-7,10H,2-4,8-9H2,1H3,(H3,14,16,17). The third kappa shape index (κ3) is 3.61. The summed E-state index contributed by atoms with van der Waals surface area (Å²) in [6.07, 6.45) is 5.67. The van der Waals surface area contributed by atoms with Crippen molar-refractivity contribution in [3.8, 4) is 5.88 Å². The normalized spacial score (nSPS) is 16.2. The lowest BCUT2D eigenvalue weighted by Gasteiger charge is -2.25. The van der Waals surface area contributed by atoms with E-state index in [2.05, 4.69) is 15.3 Å². The van der Waals surface area contributed by atoms with Gasteiger partial charge < -0.3 is 15.8 Å². The molecular weight excluding hydrogens is 228 g/mol. The van der Waals surface area contributed by atoms with Crippen LogP contribution in [0.2, 0.25) is 0 Å². The molecule has 1 aliphatic rings. The molecule has 1 aromatic rings. The summed E-state index contributed by atoms with van der Waals surface area (Å²) in [5.74, 6) is 1.89. The summed E-state index contributed by atoms with van der Waals surface area (Å²) in [6.45, 7) is 1.48. The molecule has 1 heterocycles. The molecule has 5 nitrogen and oxygen atoms in total. The largest absolute Gasteiger partial charge is 0.481 e. The fourth-order valence-electron chi connectivity index (χ4n) is 1.84. The molecule has 0 aromatic carbocycles. The highest BCUT2D eigenvalue weighted by molar-refractivity contribution is 5.77. The summed E-state index contributed by atoms with van der Waals surface area (Å²) in [5.41, 5.74) is 6.85. The van der Waals surface area contributed by atoms with Crippen LogP contribution in [0.15, 0.2) is 23.3 Å². The fraction of sp³-hybridized carbons (Fsp3) is 0.538. The van der Waals surface area contributed by atoms with Gasteiger partial charge in [0.15, 0.2) is 5.96 Å². The molecule has 0 amide bonds. The van der Waals surface area contributed by atoms with E-state index in [1.807, 2.05) is 12.1 Å². The van der Waals surface area contributed by atoms with Gasteiger partial charge in [-0.3, -0.25) is 0 Å². The van der Waals surface area contributed by atoms with Crippen molar-refractivity contribution in [2.45, 2.75) is 25.8 Å². The van der Waals surface area contributed by atoms with E-state index in [1.54, 1.807) is 13.3 Å². The molecule has 1 saturated carbocycles. The SMILES string of the molecule is COc1cc(CN=C(N)NCC2CCC2)ccn1. The zero-order chi connectivity index (χ0) is 12.8. The van der Waals surface area contributed by atoms with Crippen molar-refractivity contribution in [3.05, 3.63) is 23.9 Å². The predicted molar refractivity (Wildman–Crippen MR) is 71.5 cm³/mol. The van der Waals surface area contributed by atoms with Crippen molar-refractivity contribution in [1.29, 1.82) is 0 Å². The van der Waals surface area contributed by atoms with Gasteiger partial charge in [0, 0.05) is 18.8 Å². The van der Waals surface area contributed by atoms with Gasteiger partial charge in [0.2, 0.25) is 5.88 Å². The number of rotatable bonds is 5. The number of nitrogens with zero attached hydrogens (tertiary/aromatic N) is 2. The van der Waals surface area contributed by atoms with Crippen molar-refractivity contribution in [1.82, 2.24) is 10.3 Å². The Labute approximate surface area is 107 Å². The van der Waals surface area contributed by atoms with Crippen LogP contribution in [0.25, 0.3) is 0 Å². The molecule has 0 radical (unpaired) electrons. The number of hydrogen-bond donors (Lipinski definition) is 2. The Hall–Kier alpha value is -1.78. The zero-order valence-electron chi connectivity index (χ0n) is 10.7. The molecule has 5 heteroatoms. The molecule has 1 aliphatic carbocycles. The number of hydrogen-bond acceptors (Lipinski definition) is 3. The Morgan fingerprint density at radius 1 is 1.61 bits per heavy atom. The minimum atomic E-state index is 0.512. The lowest BCUT2D eigenvalue weighted by molar-refractivity contribution is 0.315. The van der Waals surface area contributed by atoms with E-state index in [-0.39, 0.29) is 0 Å². The third-order valence-electron chi connectivity index (χ3n) is 3.24. The maximum atomic E-state index is 5.81. The van der Waals surface area contributed by atoms with E-state index in [9.17, 15) is 0 Å². The van der Waals surface area contributed by atoms with Crippen LogP contribution in [0.3, 0.4) is 0 Å². The number of nitrogens with one attached hydrogen (secondary N) is 1.